The maximum Gasteiger partial charge on any atom is 0.274 e. The van der Waals surface area contributed by atoms with Gasteiger partial charge in [0.1, 0.15) is 11.3 Å². The summed E-state index contributed by atoms with van der Waals surface area (Å²) >= 11 is 0. The van der Waals surface area contributed by atoms with Gasteiger partial charge in [-0.25, -0.2) is 0 Å². The highest BCUT2D eigenvalue weighted by Crippen LogP contribution is 2.40. The van der Waals surface area contributed by atoms with E-state index in [2.05, 4.69) is 10.1 Å². The summed E-state index contributed by atoms with van der Waals surface area (Å²) in [5.74, 6) is 0.256. The van der Waals surface area contributed by atoms with E-state index in [1.165, 1.54) is 0 Å². The Bertz CT molecular complexity index is 789. The van der Waals surface area contributed by atoms with Gasteiger partial charge in [-0.2, -0.15) is 5.10 Å². The molecule has 0 unspecified atom stereocenters. The molecule has 1 amide bonds. The van der Waals surface area contributed by atoms with Gasteiger partial charge >= 0.3 is 0 Å². The number of rotatable bonds is 8. The molecule has 2 aliphatic heterocycles. The number of pyridine rings is 1. The van der Waals surface area contributed by atoms with Crippen LogP contribution in [0.1, 0.15) is 22.5 Å². The first-order valence-corrected chi connectivity index (χ1v) is 9.62. The average molecular weight is 386 g/mol. The van der Waals surface area contributed by atoms with E-state index in [4.69, 9.17) is 14.2 Å². The van der Waals surface area contributed by atoms with Gasteiger partial charge in [-0.1, -0.05) is 0 Å². The number of ether oxygens (including phenoxy) is 3. The number of nitrogens with zero attached hydrogens (tertiary/aromatic N) is 4. The third kappa shape index (κ3) is 3.94. The van der Waals surface area contributed by atoms with Gasteiger partial charge in [-0.15, -0.1) is 0 Å². The normalized spacial score (nSPS) is 20.5. The van der Waals surface area contributed by atoms with Crippen LogP contribution < -0.4 is 0 Å². The lowest BCUT2D eigenvalue weighted by Gasteiger charge is -2.49. The molecule has 0 bridgehead atoms. The van der Waals surface area contributed by atoms with E-state index < -0.39 is 0 Å². The number of carbonyl (C=O) groups is 1. The summed E-state index contributed by atoms with van der Waals surface area (Å²) in [5, 5.41) is 4.34. The third-order valence-electron chi connectivity index (χ3n) is 5.53. The van der Waals surface area contributed by atoms with E-state index in [0.29, 0.717) is 51.1 Å². The Labute approximate surface area is 164 Å². The molecule has 2 fully saturated rings. The predicted molar refractivity (Wildman–Crippen MR) is 101 cm³/mol. The first-order valence-electron chi connectivity index (χ1n) is 9.62. The highest BCUT2D eigenvalue weighted by molar-refractivity contribution is 5.93. The molecule has 0 saturated carbocycles. The lowest BCUT2D eigenvalue weighted by Crippen LogP contribution is -2.66. The standard InChI is InChI=1S/C20H26N4O4/c1-26-11-9-24-8-4-18(22-24)19(25)23-14-20(15-23)17(5-10-28-20)13-27-12-16-2-6-21-7-3-16/h2-4,6-8,17H,5,9-15H2,1H3/t17-/m1/s1. The van der Waals surface area contributed by atoms with E-state index in [0.717, 1.165) is 18.6 Å². The molecule has 2 aromatic rings. The van der Waals surface area contributed by atoms with Crippen molar-refractivity contribution in [2.24, 2.45) is 5.92 Å². The van der Waals surface area contributed by atoms with E-state index in [-0.39, 0.29) is 11.5 Å². The highest BCUT2D eigenvalue weighted by atomic mass is 16.5. The van der Waals surface area contributed by atoms with E-state index in [1.54, 1.807) is 30.3 Å². The maximum atomic E-state index is 12.7. The van der Waals surface area contributed by atoms with Crippen molar-refractivity contribution in [2.45, 2.75) is 25.2 Å². The Morgan fingerprint density at radius 2 is 2.14 bits per heavy atom. The zero-order valence-electron chi connectivity index (χ0n) is 16.1. The largest absolute Gasteiger partial charge is 0.383 e. The zero-order chi connectivity index (χ0) is 19.4. The fraction of sp³-hybridized carbons (Fsp3) is 0.550. The molecule has 150 valence electrons. The molecule has 0 radical (unpaired) electrons. The molecule has 0 aromatic carbocycles. The molecule has 2 aliphatic rings. The topological polar surface area (TPSA) is 78.7 Å². The lowest BCUT2D eigenvalue weighted by molar-refractivity contribution is -0.129. The van der Waals surface area contributed by atoms with Crippen molar-refractivity contribution in [1.82, 2.24) is 19.7 Å². The van der Waals surface area contributed by atoms with Gasteiger partial charge < -0.3 is 19.1 Å². The first-order chi connectivity index (χ1) is 13.7. The summed E-state index contributed by atoms with van der Waals surface area (Å²) in [6.45, 7) is 4.31. The Hall–Kier alpha value is -2.29. The molecule has 2 saturated heterocycles. The molecule has 0 N–H and O–H groups in total. The summed E-state index contributed by atoms with van der Waals surface area (Å²) in [6, 6.07) is 5.67. The maximum absolute atomic E-state index is 12.7. The summed E-state index contributed by atoms with van der Waals surface area (Å²) in [5.41, 5.74) is 1.30. The summed E-state index contributed by atoms with van der Waals surface area (Å²) in [7, 11) is 1.65. The van der Waals surface area contributed by atoms with Gasteiger partial charge in [0.2, 0.25) is 0 Å². The summed E-state index contributed by atoms with van der Waals surface area (Å²) in [6.07, 6.45) is 6.31. The Kier molecular flexibility index (Phi) is 5.70. The van der Waals surface area contributed by atoms with Crippen LogP contribution >= 0.6 is 0 Å². The van der Waals surface area contributed by atoms with Gasteiger partial charge in [0.05, 0.1) is 39.5 Å². The van der Waals surface area contributed by atoms with Crippen LogP contribution in [0.4, 0.5) is 0 Å². The summed E-state index contributed by atoms with van der Waals surface area (Å²) < 4.78 is 18.7. The number of likely N-dealkylation sites (tertiary alicyclic amines) is 1. The minimum absolute atomic E-state index is 0.0475. The lowest BCUT2D eigenvalue weighted by atomic mass is 9.81. The van der Waals surface area contributed by atoms with Gasteiger partial charge in [-0.05, 0) is 30.2 Å². The van der Waals surface area contributed by atoms with Crippen LogP contribution in [0.2, 0.25) is 0 Å². The molecule has 2 aromatic heterocycles. The van der Waals surface area contributed by atoms with Crippen LogP contribution in [0.5, 0.6) is 0 Å². The van der Waals surface area contributed by atoms with Crippen molar-refractivity contribution in [3.8, 4) is 0 Å². The molecule has 1 atom stereocenters. The highest BCUT2D eigenvalue weighted by Gasteiger charge is 2.54. The SMILES string of the molecule is COCCn1ccc(C(=O)N2CC3(C2)OCC[C@@H]3COCc2ccncc2)n1. The number of hydrogen-bond acceptors (Lipinski definition) is 6. The molecule has 8 nitrogen and oxygen atoms in total. The molecule has 1 spiro atoms. The zero-order valence-corrected chi connectivity index (χ0v) is 16.1. The van der Waals surface area contributed by atoms with Crippen molar-refractivity contribution in [3.63, 3.8) is 0 Å². The van der Waals surface area contributed by atoms with Gasteiger partial charge in [0.25, 0.3) is 5.91 Å². The van der Waals surface area contributed by atoms with Crippen molar-refractivity contribution in [3.05, 3.63) is 48.0 Å². The van der Waals surface area contributed by atoms with Crippen LogP contribution in [0, 0.1) is 5.92 Å². The quantitative estimate of drug-likeness (QED) is 0.682. The Morgan fingerprint density at radius 3 is 2.93 bits per heavy atom. The molecule has 8 heteroatoms. The van der Waals surface area contributed by atoms with E-state index >= 15 is 0 Å². The van der Waals surface area contributed by atoms with Crippen molar-refractivity contribution >= 4 is 5.91 Å². The number of carbonyl (C=O) groups excluding carboxylic acids is 1. The molecule has 4 rings (SSSR count). The van der Waals surface area contributed by atoms with Gasteiger partial charge in [0.15, 0.2) is 0 Å². The van der Waals surface area contributed by atoms with Crippen molar-refractivity contribution < 1.29 is 19.0 Å². The second-order valence-corrected chi connectivity index (χ2v) is 7.39. The second-order valence-electron chi connectivity index (χ2n) is 7.39. The van der Waals surface area contributed by atoms with E-state index in [9.17, 15) is 4.79 Å². The monoisotopic (exact) mass is 386 g/mol. The van der Waals surface area contributed by atoms with E-state index in [1.807, 2.05) is 23.2 Å². The van der Waals surface area contributed by atoms with Crippen molar-refractivity contribution in [1.29, 1.82) is 0 Å². The summed E-state index contributed by atoms with van der Waals surface area (Å²) in [4.78, 5) is 18.5. The average Bonchev–Trinajstić information content (AvgIpc) is 3.33. The Balaban J connectivity index is 1.28. The Morgan fingerprint density at radius 1 is 1.32 bits per heavy atom. The van der Waals surface area contributed by atoms with Crippen LogP contribution in [0.25, 0.3) is 0 Å². The minimum Gasteiger partial charge on any atom is -0.383 e. The minimum atomic E-state index is -0.271. The van der Waals surface area contributed by atoms with Crippen LogP contribution in [-0.2, 0) is 27.4 Å². The van der Waals surface area contributed by atoms with Gasteiger partial charge in [0, 0.05) is 38.2 Å². The molecule has 28 heavy (non-hydrogen) atoms. The molecule has 0 aliphatic carbocycles. The van der Waals surface area contributed by atoms with Gasteiger partial charge in [-0.3, -0.25) is 14.5 Å². The number of methoxy groups -OCH3 is 1. The third-order valence-corrected chi connectivity index (χ3v) is 5.53. The number of hydrogen-bond donors (Lipinski definition) is 0. The molecular weight excluding hydrogens is 360 g/mol. The predicted octanol–water partition coefficient (Wildman–Crippen LogP) is 1.37. The van der Waals surface area contributed by atoms with Crippen LogP contribution in [0.15, 0.2) is 36.8 Å². The number of amides is 1. The number of aromatic nitrogens is 3. The van der Waals surface area contributed by atoms with Crippen LogP contribution in [0.3, 0.4) is 0 Å². The fourth-order valence-electron chi connectivity index (χ4n) is 3.86. The second kappa shape index (κ2) is 8.38. The fourth-order valence-corrected chi connectivity index (χ4v) is 3.86. The van der Waals surface area contributed by atoms with Crippen LogP contribution in [-0.4, -0.2) is 71.2 Å². The van der Waals surface area contributed by atoms with Crippen molar-refractivity contribution in [2.75, 3.05) is 40.0 Å². The smallest absolute Gasteiger partial charge is 0.274 e. The molecular formula is C20H26N4O4. The first kappa shape index (κ1) is 19.0. The molecule has 4 heterocycles.